The molecule has 0 aromatic heterocycles. The quantitative estimate of drug-likeness (QED) is 0.887. The molecule has 0 unspecified atom stereocenters. The number of carbonyl (C=O) groups is 2. The number of benzene rings is 1. The number of carbonyl (C=O) groups excluding carboxylic acids is 2. The molecule has 1 saturated heterocycles. The molecule has 1 aliphatic heterocycles. The van der Waals surface area contributed by atoms with Gasteiger partial charge < -0.3 is 10.2 Å². The van der Waals surface area contributed by atoms with E-state index in [1.807, 2.05) is 31.2 Å². The smallest absolute Gasteiger partial charge is 0.227 e. The Bertz CT molecular complexity index is 457. The highest BCUT2D eigenvalue weighted by molar-refractivity contribution is 5.97. The van der Waals surface area contributed by atoms with Gasteiger partial charge in [-0.3, -0.25) is 9.59 Å². The van der Waals surface area contributed by atoms with Crippen LogP contribution in [0.25, 0.3) is 0 Å². The molecule has 1 aliphatic rings. The molecule has 1 aromatic carbocycles. The van der Waals surface area contributed by atoms with Crippen molar-refractivity contribution in [2.75, 3.05) is 16.8 Å². The summed E-state index contributed by atoms with van der Waals surface area (Å²) >= 11 is 0. The molecule has 2 amide bonds. The molecule has 0 radical (unpaired) electrons. The monoisotopic (exact) mass is 246 g/mol. The summed E-state index contributed by atoms with van der Waals surface area (Å²) in [6.45, 7) is 2.74. The summed E-state index contributed by atoms with van der Waals surface area (Å²) in [7, 11) is 0. The van der Waals surface area contributed by atoms with Crippen molar-refractivity contribution < 1.29 is 9.59 Å². The fourth-order valence-electron chi connectivity index (χ4n) is 2.12. The number of hydrogen-bond acceptors (Lipinski definition) is 2. The van der Waals surface area contributed by atoms with Gasteiger partial charge in [-0.1, -0.05) is 13.0 Å². The summed E-state index contributed by atoms with van der Waals surface area (Å²) in [5.41, 5.74) is 1.62. The largest absolute Gasteiger partial charge is 0.326 e. The Hall–Kier alpha value is -1.84. The van der Waals surface area contributed by atoms with Crippen molar-refractivity contribution in [3.8, 4) is 0 Å². The molecule has 4 heteroatoms. The van der Waals surface area contributed by atoms with E-state index in [1.54, 1.807) is 4.90 Å². The van der Waals surface area contributed by atoms with E-state index in [4.69, 9.17) is 0 Å². The zero-order valence-electron chi connectivity index (χ0n) is 10.6. The van der Waals surface area contributed by atoms with Crippen molar-refractivity contribution in [3.63, 3.8) is 0 Å². The number of amides is 2. The van der Waals surface area contributed by atoms with Crippen LogP contribution >= 0.6 is 0 Å². The van der Waals surface area contributed by atoms with Gasteiger partial charge in [0.25, 0.3) is 0 Å². The molecule has 1 fully saturated rings. The van der Waals surface area contributed by atoms with Gasteiger partial charge in [-0.15, -0.1) is 0 Å². The van der Waals surface area contributed by atoms with Gasteiger partial charge in [-0.05, 0) is 31.0 Å². The fraction of sp³-hybridized carbons (Fsp3) is 0.429. The van der Waals surface area contributed by atoms with Crippen LogP contribution in [0.15, 0.2) is 24.3 Å². The Morgan fingerprint density at radius 1 is 1.44 bits per heavy atom. The maximum absolute atomic E-state index is 11.6. The second-order valence-corrected chi connectivity index (χ2v) is 4.50. The first kappa shape index (κ1) is 12.6. The van der Waals surface area contributed by atoms with Crippen LogP contribution in [0.3, 0.4) is 0 Å². The average Bonchev–Trinajstić information content (AvgIpc) is 2.76. The first-order valence-corrected chi connectivity index (χ1v) is 6.41. The Morgan fingerprint density at radius 3 is 2.94 bits per heavy atom. The second-order valence-electron chi connectivity index (χ2n) is 4.50. The van der Waals surface area contributed by atoms with Crippen LogP contribution in [0.4, 0.5) is 11.4 Å². The van der Waals surface area contributed by atoms with Crippen molar-refractivity contribution in [1.82, 2.24) is 0 Å². The van der Waals surface area contributed by atoms with Crippen molar-refractivity contribution in [2.45, 2.75) is 32.6 Å². The second kappa shape index (κ2) is 5.67. The first-order valence-electron chi connectivity index (χ1n) is 6.41. The van der Waals surface area contributed by atoms with Crippen LogP contribution in [0.2, 0.25) is 0 Å². The molecule has 0 spiro atoms. The number of nitrogens with zero attached hydrogens (tertiary/aromatic N) is 1. The number of anilines is 2. The molecule has 0 atom stereocenters. The molecule has 1 aromatic rings. The zero-order valence-corrected chi connectivity index (χ0v) is 10.6. The number of nitrogens with one attached hydrogen (secondary N) is 1. The summed E-state index contributed by atoms with van der Waals surface area (Å²) in [6.07, 6.45) is 2.88. The van der Waals surface area contributed by atoms with E-state index in [9.17, 15) is 9.59 Å². The van der Waals surface area contributed by atoms with Gasteiger partial charge >= 0.3 is 0 Å². The molecule has 1 N–H and O–H groups in total. The SMILES string of the molecule is CCCC(=O)Nc1cccc(N2CCCC2=O)c1. The average molecular weight is 246 g/mol. The van der Waals surface area contributed by atoms with Crippen molar-refractivity contribution in [3.05, 3.63) is 24.3 Å². The maximum Gasteiger partial charge on any atom is 0.227 e. The van der Waals surface area contributed by atoms with Crippen LogP contribution in [-0.4, -0.2) is 18.4 Å². The highest BCUT2D eigenvalue weighted by Gasteiger charge is 2.21. The van der Waals surface area contributed by atoms with Crippen LogP contribution in [0.1, 0.15) is 32.6 Å². The lowest BCUT2D eigenvalue weighted by molar-refractivity contribution is -0.117. The van der Waals surface area contributed by atoms with Crippen LogP contribution in [0.5, 0.6) is 0 Å². The highest BCUT2D eigenvalue weighted by atomic mass is 16.2. The lowest BCUT2D eigenvalue weighted by Gasteiger charge is -2.16. The number of rotatable bonds is 4. The van der Waals surface area contributed by atoms with E-state index in [1.165, 1.54) is 0 Å². The third-order valence-electron chi connectivity index (χ3n) is 2.99. The van der Waals surface area contributed by atoms with Crippen LogP contribution < -0.4 is 10.2 Å². The molecule has 96 valence electrons. The molecule has 4 nitrogen and oxygen atoms in total. The lowest BCUT2D eigenvalue weighted by atomic mass is 10.2. The van der Waals surface area contributed by atoms with Crippen LogP contribution in [0, 0.1) is 0 Å². The molecular weight excluding hydrogens is 228 g/mol. The van der Waals surface area contributed by atoms with Gasteiger partial charge in [0.15, 0.2) is 0 Å². The Balaban J connectivity index is 2.10. The molecule has 0 aliphatic carbocycles. The third kappa shape index (κ3) is 2.88. The first-order chi connectivity index (χ1) is 8.70. The standard InChI is InChI=1S/C14H18N2O2/c1-2-5-13(17)15-11-6-3-7-12(10-11)16-9-4-8-14(16)18/h3,6-7,10H,2,4-5,8-9H2,1H3,(H,15,17). The molecule has 1 heterocycles. The summed E-state index contributed by atoms with van der Waals surface area (Å²) in [6, 6.07) is 7.47. The lowest BCUT2D eigenvalue weighted by Crippen LogP contribution is -2.23. The van der Waals surface area contributed by atoms with Gasteiger partial charge in [0.2, 0.25) is 11.8 Å². The Kier molecular flexibility index (Phi) is 3.97. The van der Waals surface area contributed by atoms with Gasteiger partial charge in [0, 0.05) is 30.8 Å². The molecular formula is C14H18N2O2. The number of hydrogen-bond donors (Lipinski definition) is 1. The normalized spacial score (nSPS) is 14.9. The van der Waals surface area contributed by atoms with Crippen LogP contribution in [-0.2, 0) is 9.59 Å². The Labute approximate surface area is 107 Å². The van der Waals surface area contributed by atoms with Gasteiger partial charge in [0.1, 0.15) is 0 Å². The Morgan fingerprint density at radius 2 is 2.28 bits per heavy atom. The highest BCUT2D eigenvalue weighted by Crippen LogP contribution is 2.24. The molecule has 0 saturated carbocycles. The summed E-state index contributed by atoms with van der Waals surface area (Å²) in [5.74, 6) is 0.175. The van der Waals surface area contributed by atoms with E-state index in [-0.39, 0.29) is 11.8 Å². The topological polar surface area (TPSA) is 49.4 Å². The van der Waals surface area contributed by atoms with Gasteiger partial charge in [-0.25, -0.2) is 0 Å². The van der Waals surface area contributed by atoms with Crippen molar-refractivity contribution >= 4 is 23.2 Å². The van der Waals surface area contributed by atoms with E-state index < -0.39 is 0 Å². The van der Waals surface area contributed by atoms with E-state index in [0.717, 1.165) is 30.8 Å². The predicted molar refractivity (Wildman–Crippen MR) is 71.6 cm³/mol. The minimum absolute atomic E-state index is 0.0161. The minimum Gasteiger partial charge on any atom is -0.326 e. The summed E-state index contributed by atoms with van der Waals surface area (Å²) < 4.78 is 0. The van der Waals surface area contributed by atoms with E-state index in [0.29, 0.717) is 12.8 Å². The van der Waals surface area contributed by atoms with E-state index >= 15 is 0 Å². The summed E-state index contributed by atoms with van der Waals surface area (Å²) in [4.78, 5) is 24.9. The van der Waals surface area contributed by atoms with Gasteiger partial charge in [-0.2, -0.15) is 0 Å². The maximum atomic E-state index is 11.6. The molecule has 2 rings (SSSR count). The van der Waals surface area contributed by atoms with E-state index in [2.05, 4.69) is 5.32 Å². The molecule has 18 heavy (non-hydrogen) atoms. The predicted octanol–water partition coefficient (Wildman–Crippen LogP) is 2.55. The minimum atomic E-state index is 0.0161. The summed E-state index contributed by atoms with van der Waals surface area (Å²) in [5, 5.41) is 2.84. The van der Waals surface area contributed by atoms with Crippen molar-refractivity contribution in [2.24, 2.45) is 0 Å². The fourth-order valence-corrected chi connectivity index (χ4v) is 2.12. The third-order valence-corrected chi connectivity index (χ3v) is 2.99. The van der Waals surface area contributed by atoms with Crippen molar-refractivity contribution in [1.29, 1.82) is 0 Å². The van der Waals surface area contributed by atoms with Gasteiger partial charge in [0.05, 0.1) is 0 Å². The zero-order chi connectivity index (χ0) is 13.0. The molecule has 0 bridgehead atoms.